The molecular weight excluding hydrogens is 324 g/mol. The summed E-state index contributed by atoms with van der Waals surface area (Å²) in [5.41, 5.74) is 3.16. The Kier molecular flexibility index (Phi) is 5.74. The van der Waals surface area contributed by atoms with Crippen LogP contribution in [0.2, 0.25) is 0 Å². The fourth-order valence-corrected chi connectivity index (χ4v) is 3.76. The molecule has 0 spiro atoms. The molecule has 1 amide bonds. The third-order valence-electron chi connectivity index (χ3n) is 5.47. The summed E-state index contributed by atoms with van der Waals surface area (Å²) in [5.74, 6) is 0.00538. The highest BCUT2D eigenvalue weighted by Crippen LogP contribution is 2.34. The van der Waals surface area contributed by atoms with Crippen molar-refractivity contribution >= 4 is 5.91 Å². The number of carbonyl (C=O) groups is 1. The number of hydrogen-bond acceptors (Lipinski definition) is 3. The van der Waals surface area contributed by atoms with Crippen molar-refractivity contribution < 1.29 is 9.90 Å². The maximum Gasteiger partial charge on any atom is 0.241 e. The molecule has 2 N–H and O–H groups in total. The van der Waals surface area contributed by atoms with Crippen LogP contribution < -0.4 is 5.32 Å². The van der Waals surface area contributed by atoms with Crippen LogP contribution >= 0.6 is 0 Å². The van der Waals surface area contributed by atoms with Crippen LogP contribution in [0.5, 0.6) is 0 Å². The number of benzene rings is 2. The summed E-state index contributed by atoms with van der Waals surface area (Å²) >= 11 is 0. The quantitative estimate of drug-likeness (QED) is 0.803. The van der Waals surface area contributed by atoms with E-state index in [1.807, 2.05) is 44.3 Å². The zero-order chi connectivity index (χ0) is 18.6. The molecule has 0 fully saturated rings. The molecule has 1 aliphatic rings. The number of aliphatic hydroxyl groups is 1. The van der Waals surface area contributed by atoms with E-state index in [0.717, 1.165) is 13.0 Å². The lowest BCUT2D eigenvalue weighted by molar-refractivity contribution is -0.133. The van der Waals surface area contributed by atoms with Crippen molar-refractivity contribution in [3.05, 3.63) is 71.3 Å². The average Bonchev–Trinajstić information content (AvgIpc) is 3.07. The van der Waals surface area contributed by atoms with Crippen LogP contribution in [0.1, 0.15) is 23.6 Å². The summed E-state index contributed by atoms with van der Waals surface area (Å²) in [6, 6.07) is 18.4. The first-order chi connectivity index (χ1) is 12.5. The van der Waals surface area contributed by atoms with Crippen molar-refractivity contribution in [2.45, 2.75) is 37.8 Å². The van der Waals surface area contributed by atoms with Gasteiger partial charge < -0.3 is 10.4 Å². The predicted molar refractivity (Wildman–Crippen MR) is 104 cm³/mol. The van der Waals surface area contributed by atoms with E-state index in [1.165, 1.54) is 16.7 Å². The van der Waals surface area contributed by atoms with Gasteiger partial charge in [-0.25, -0.2) is 0 Å². The normalized spacial score (nSPS) is 16.3. The van der Waals surface area contributed by atoms with E-state index in [9.17, 15) is 9.90 Å². The highest BCUT2D eigenvalue weighted by Gasteiger charge is 2.46. The van der Waals surface area contributed by atoms with Gasteiger partial charge in [0.2, 0.25) is 5.91 Å². The van der Waals surface area contributed by atoms with Crippen LogP contribution in [-0.2, 0) is 24.1 Å². The molecule has 1 aliphatic carbocycles. The first-order valence-corrected chi connectivity index (χ1v) is 9.29. The van der Waals surface area contributed by atoms with Crippen molar-refractivity contribution in [3.63, 3.8) is 0 Å². The van der Waals surface area contributed by atoms with Crippen LogP contribution in [0, 0.1) is 0 Å². The van der Waals surface area contributed by atoms with Gasteiger partial charge in [0, 0.05) is 25.4 Å². The lowest BCUT2D eigenvalue weighted by Gasteiger charge is -2.38. The van der Waals surface area contributed by atoms with Gasteiger partial charge in [-0.2, -0.15) is 0 Å². The highest BCUT2D eigenvalue weighted by atomic mass is 16.3. The molecule has 2 aromatic carbocycles. The number of hydrogen-bond donors (Lipinski definition) is 2. The van der Waals surface area contributed by atoms with Gasteiger partial charge >= 0.3 is 0 Å². The second-order valence-corrected chi connectivity index (χ2v) is 7.37. The van der Waals surface area contributed by atoms with Crippen LogP contribution in [0.3, 0.4) is 0 Å². The molecule has 138 valence electrons. The summed E-state index contributed by atoms with van der Waals surface area (Å²) in [6.07, 6.45) is 2.31. The molecule has 26 heavy (non-hydrogen) atoms. The third kappa shape index (κ3) is 3.81. The van der Waals surface area contributed by atoms with Gasteiger partial charge in [0.25, 0.3) is 0 Å². The number of amides is 1. The Bertz CT molecular complexity index is 720. The Morgan fingerprint density at radius 1 is 1.12 bits per heavy atom. The maximum atomic E-state index is 13.2. The second-order valence-electron chi connectivity index (χ2n) is 7.37. The van der Waals surface area contributed by atoms with Crippen LogP contribution in [0.15, 0.2) is 54.6 Å². The number of fused-ring (bicyclic) bond motifs is 1. The Morgan fingerprint density at radius 3 is 2.27 bits per heavy atom. The van der Waals surface area contributed by atoms with E-state index < -0.39 is 5.54 Å². The highest BCUT2D eigenvalue weighted by molar-refractivity contribution is 5.88. The fourth-order valence-electron chi connectivity index (χ4n) is 3.76. The molecule has 0 saturated heterocycles. The molecule has 3 rings (SSSR count). The van der Waals surface area contributed by atoms with E-state index >= 15 is 0 Å². The van der Waals surface area contributed by atoms with Crippen LogP contribution in [0.4, 0.5) is 0 Å². The van der Waals surface area contributed by atoms with E-state index in [-0.39, 0.29) is 18.6 Å². The van der Waals surface area contributed by atoms with E-state index in [4.69, 9.17) is 0 Å². The van der Waals surface area contributed by atoms with Gasteiger partial charge in [-0.05, 0) is 37.1 Å². The number of nitrogens with zero attached hydrogens (tertiary/aromatic N) is 1. The number of nitrogens with one attached hydrogen (secondary N) is 1. The number of carbonyl (C=O) groups excluding carboxylic acids is 1. The summed E-state index contributed by atoms with van der Waals surface area (Å²) in [7, 11) is 2.04. The van der Waals surface area contributed by atoms with Crippen molar-refractivity contribution in [2.75, 3.05) is 20.2 Å². The smallest absolute Gasteiger partial charge is 0.241 e. The summed E-state index contributed by atoms with van der Waals surface area (Å²) in [4.78, 5) is 15.4. The van der Waals surface area contributed by atoms with Gasteiger partial charge in [0.1, 0.15) is 5.54 Å². The standard InChI is InChI=1S/C22H28N2O2/c1-17(16-25)23-21(26)22(14-19-10-6-7-11-20(19)15-22)24(2)13-12-18-8-4-3-5-9-18/h3-11,17,25H,12-16H2,1-2H3,(H,23,26)/t17-/m0/s1. The molecule has 4 heteroatoms. The Labute approximate surface area is 155 Å². The lowest BCUT2D eigenvalue weighted by atomic mass is 9.91. The maximum absolute atomic E-state index is 13.2. The molecule has 0 radical (unpaired) electrons. The molecule has 4 nitrogen and oxygen atoms in total. The molecule has 0 aliphatic heterocycles. The molecule has 2 aromatic rings. The van der Waals surface area contributed by atoms with Crippen molar-refractivity contribution in [2.24, 2.45) is 0 Å². The molecule has 0 saturated carbocycles. The largest absolute Gasteiger partial charge is 0.394 e. The van der Waals surface area contributed by atoms with Crippen LogP contribution in [-0.4, -0.2) is 47.7 Å². The van der Waals surface area contributed by atoms with Crippen molar-refractivity contribution in [1.29, 1.82) is 0 Å². The zero-order valence-corrected chi connectivity index (χ0v) is 15.6. The van der Waals surface area contributed by atoms with Gasteiger partial charge in [-0.1, -0.05) is 54.6 Å². The topological polar surface area (TPSA) is 52.6 Å². The lowest BCUT2D eigenvalue weighted by Crippen LogP contribution is -2.60. The monoisotopic (exact) mass is 352 g/mol. The van der Waals surface area contributed by atoms with Crippen LogP contribution in [0.25, 0.3) is 0 Å². The summed E-state index contributed by atoms with van der Waals surface area (Å²) < 4.78 is 0. The second kappa shape index (κ2) is 8.02. The number of rotatable bonds is 7. The minimum absolute atomic E-state index is 0.00538. The van der Waals surface area contributed by atoms with E-state index in [2.05, 4.69) is 34.5 Å². The number of aliphatic hydroxyl groups excluding tert-OH is 1. The summed E-state index contributed by atoms with van der Waals surface area (Å²) in [6.45, 7) is 2.58. The summed E-state index contributed by atoms with van der Waals surface area (Å²) in [5, 5.41) is 12.3. The average molecular weight is 352 g/mol. The SMILES string of the molecule is C[C@@H](CO)NC(=O)C1(N(C)CCc2ccccc2)Cc2ccccc2C1. The Morgan fingerprint density at radius 2 is 1.69 bits per heavy atom. The Hall–Kier alpha value is -2.17. The molecular formula is C22H28N2O2. The minimum Gasteiger partial charge on any atom is -0.394 e. The molecule has 0 bridgehead atoms. The minimum atomic E-state index is -0.595. The predicted octanol–water partition coefficient (Wildman–Crippen LogP) is 2.20. The fraction of sp³-hybridized carbons (Fsp3) is 0.409. The van der Waals surface area contributed by atoms with Crippen molar-refractivity contribution in [3.8, 4) is 0 Å². The van der Waals surface area contributed by atoms with Crippen molar-refractivity contribution in [1.82, 2.24) is 10.2 Å². The first kappa shape index (κ1) is 18.6. The van der Waals surface area contributed by atoms with Gasteiger partial charge in [0.05, 0.1) is 6.61 Å². The zero-order valence-electron chi connectivity index (χ0n) is 15.6. The van der Waals surface area contributed by atoms with E-state index in [1.54, 1.807) is 0 Å². The Balaban J connectivity index is 1.80. The van der Waals surface area contributed by atoms with E-state index in [0.29, 0.717) is 12.8 Å². The molecule has 1 atom stereocenters. The molecule has 0 aromatic heterocycles. The molecule has 0 heterocycles. The van der Waals surface area contributed by atoms with Gasteiger partial charge in [-0.3, -0.25) is 9.69 Å². The number of likely N-dealkylation sites (N-methyl/N-ethyl adjacent to an activating group) is 1. The first-order valence-electron chi connectivity index (χ1n) is 9.29. The van der Waals surface area contributed by atoms with Gasteiger partial charge in [-0.15, -0.1) is 0 Å². The van der Waals surface area contributed by atoms with Gasteiger partial charge in [0.15, 0.2) is 0 Å². The molecule has 0 unspecified atom stereocenters. The third-order valence-corrected chi connectivity index (χ3v) is 5.47.